The van der Waals surface area contributed by atoms with Crippen LogP contribution >= 0.6 is 0 Å². The van der Waals surface area contributed by atoms with Crippen molar-refractivity contribution in [2.75, 3.05) is 19.6 Å². The Morgan fingerprint density at radius 3 is 2.34 bits per heavy atom. The molecule has 1 aromatic carbocycles. The summed E-state index contributed by atoms with van der Waals surface area (Å²) in [6.07, 6.45) is -0.202. The maximum absolute atomic E-state index is 13.2. The fourth-order valence-corrected chi connectivity index (χ4v) is 6.71. The van der Waals surface area contributed by atoms with Gasteiger partial charge in [0, 0.05) is 19.1 Å². The normalized spacial score (nSPS) is 24.4. The molecular weight excluding hydrogens is 479 g/mol. The van der Waals surface area contributed by atoms with Crippen LogP contribution in [0, 0.1) is 17.3 Å². The molecule has 2 aliphatic rings. The number of rotatable bonds is 9. The molecule has 1 amide bonds. The lowest BCUT2D eigenvalue weighted by Gasteiger charge is -2.29. The van der Waals surface area contributed by atoms with E-state index in [2.05, 4.69) is 38.3 Å². The molecule has 0 spiro atoms. The van der Waals surface area contributed by atoms with Crippen LogP contribution < -0.4 is 10.6 Å². The SMILES string of the molecule is CCCCN[C@@H](CC(C)(C)C)C(=O)N[C@H]1CC[C@@H]2CN(S(=O)(=O)c3ccc(C(F)(F)F)cc3)C[C@@H]21. The van der Waals surface area contributed by atoms with E-state index < -0.39 is 21.8 Å². The van der Waals surface area contributed by atoms with Gasteiger partial charge in [-0.25, -0.2) is 8.42 Å². The number of nitrogens with zero attached hydrogens (tertiary/aromatic N) is 1. The van der Waals surface area contributed by atoms with E-state index in [1.807, 2.05) is 0 Å². The van der Waals surface area contributed by atoms with Crippen LogP contribution in [0.4, 0.5) is 13.2 Å². The predicted molar refractivity (Wildman–Crippen MR) is 129 cm³/mol. The maximum Gasteiger partial charge on any atom is 0.416 e. The third-order valence-electron chi connectivity index (χ3n) is 7.02. The summed E-state index contributed by atoms with van der Waals surface area (Å²) in [6, 6.07) is 3.21. The molecule has 1 heterocycles. The molecular formula is C25H38F3N3O3S. The van der Waals surface area contributed by atoms with Crippen molar-refractivity contribution in [2.24, 2.45) is 17.3 Å². The van der Waals surface area contributed by atoms with Gasteiger partial charge in [0.1, 0.15) is 0 Å². The highest BCUT2D eigenvalue weighted by molar-refractivity contribution is 7.89. The smallest absolute Gasteiger partial charge is 0.352 e. The third-order valence-corrected chi connectivity index (χ3v) is 8.87. The van der Waals surface area contributed by atoms with Crippen molar-refractivity contribution in [2.45, 2.75) is 83.0 Å². The first-order valence-corrected chi connectivity index (χ1v) is 13.9. The van der Waals surface area contributed by atoms with Gasteiger partial charge in [-0.1, -0.05) is 34.1 Å². The summed E-state index contributed by atoms with van der Waals surface area (Å²) in [4.78, 5) is 13.0. The Labute approximate surface area is 207 Å². The fourth-order valence-electron chi connectivity index (χ4n) is 5.17. The zero-order valence-electron chi connectivity index (χ0n) is 21.0. The Morgan fingerprint density at radius 1 is 1.11 bits per heavy atom. The molecule has 1 saturated carbocycles. The molecule has 3 rings (SSSR count). The van der Waals surface area contributed by atoms with Crippen LogP contribution in [0.15, 0.2) is 29.2 Å². The van der Waals surface area contributed by atoms with Crippen molar-refractivity contribution < 1.29 is 26.4 Å². The van der Waals surface area contributed by atoms with E-state index >= 15 is 0 Å². The van der Waals surface area contributed by atoms with Crippen molar-refractivity contribution in [3.63, 3.8) is 0 Å². The average Bonchev–Trinajstić information content (AvgIpc) is 3.34. The molecule has 2 N–H and O–H groups in total. The molecule has 35 heavy (non-hydrogen) atoms. The number of amides is 1. The van der Waals surface area contributed by atoms with Crippen molar-refractivity contribution >= 4 is 15.9 Å². The summed E-state index contributed by atoms with van der Waals surface area (Å²) < 4.78 is 66.2. The Balaban J connectivity index is 1.66. The Hall–Kier alpha value is -1.65. The van der Waals surface area contributed by atoms with Crippen LogP contribution in [-0.4, -0.2) is 50.3 Å². The highest BCUT2D eigenvalue weighted by Crippen LogP contribution is 2.40. The molecule has 10 heteroatoms. The molecule has 1 aliphatic heterocycles. The van der Waals surface area contributed by atoms with E-state index in [9.17, 15) is 26.4 Å². The number of alkyl halides is 3. The zero-order chi connectivity index (χ0) is 26.0. The molecule has 1 aromatic rings. The molecule has 0 bridgehead atoms. The van der Waals surface area contributed by atoms with E-state index in [1.54, 1.807) is 0 Å². The zero-order valence-corrected chi connectivity index (χ0v) is 21.8. The van der Waals surface area contributed by atoms with Gasteiger partial charge >= 0.3 is 6.18 Å². The minimum atomic E-state index is -4.52. The van der Waals surface area contributed by atoms with Crippen molar-refractivity contribution in [1.29, 1.82) is 0 Å². The van der Waals surface area contributed by atoms with E-state index in [-0.39, 0.29) is 46.7 Å². The van der Waals surface area contributed by atoms with Gasteiger partial charge in [0.25, 0.3) is 0 Å². The summed E-state index contributed by atoms with van der Waals surface area (Å²) in [6.45, 7) is 9.74. The first-order valence-electron chi connectivity index (χ1n) is 12.4. The first-order chi connectivity index (χ1) is 16.2. The summed E-state index contributed by atoms with van der Waals surface area (Å²) in [5.74, 6) is 0.0680. The fraction of sp³-hybridized carbons (Fsp3) is 0.720. The first kappa shape index (κ1) is 27.9. The van der Waals surface area contributed by atoms with Crippen LogP contribution in [0.1, 0.15) is 65.4 Å². The maximum atomic E-state index is 13.2. The summed E-state index contributed by atoms with van der Waals surface area (Å²) in [5, 5.41) is 6.57. The van der Waals surface area contributed by atoms with Crippen LogP contribution in [0.5, 0.6) is 0 Å². The van der Waals surface area contributed by atoms with Crippen LogP contribution in [0.25, 0.3) is 0 Å². The quantitative estimate of drug-likeness (QED) is 0.476. The Morgan fingerprint density at radius 2 is 1.77 bits per heavy atom. The van der Waals surface area contributed by atoms with E-state index in [0.717, 1.165) is 56.5 Å². The number of halogens is 3. The highest BCUT2D eigenvalue weighted by atomic mass is 32.2. The van der Waals surface area contributed by atoms with E-state index in [1.165, 1.54) is 4.31 Å². The number of nitrogens with one attached hydrogen (secondary N) is 2. The van der Waals surface area contributed by atoms with E-state index in [0.29, 0.717) is 13.0 Å². The van der Waals surface area contributed by atoms with Crippen molar-refractivity contribution in [3.05, 3.63) is 29.8 Å². The minimum absolute atomic E-state index is 0.00546. The number of unbranched alkanes of at least 4 members (excludes halogenated alkanes) is 1. The molecule has 198 valence electrons. The van der Waals surface area contributed by atoms with Crippen LogP contribution in [-0.2, 0) is 21.0 Å². The average molecular weight is 518 g/mol. The van der Waals surface area contributed by atoms with Gasteiger partial charge in [-0.15, -0.1) is 0 Å². The number of fused-ring (bicyclic) bond motifs is 1. The van der Waals surface area contributed by atoms with Gasteiger partial charge in [-0.3, -0.25) is 4.79 Å². The number of hydrogen-bond donors (Lipinski definition) is 2. The molecule has 6 nitrogen and oxygen atoms in total. The van der Waals surface area contributed by atoms with Gasteiger partial charge in [0.15, 0.2) is 0 Å². The largest absolute Gasteiger partial charge is 0.416 e. The van der Waals surface area contributed by atoms with Gasteiger partial charge in [-0.05, 0) is 73.7 Å². The minimum Gasteiger partial charge on any atom is -0.352 e. The topological polar surface area (TPSA) is 78.5 Å². The lowest BCUT2D eigenvalue weighted by atomic mass is 9.87. The van der Waals surface area contributed by atoms with Gasteiger partial charge < -0.3 is 10.6 Å². The second-order valence-electron chi connectivity index (χ2n) is 11.1. The monoisotopic (exact) mass is 517 g/mol. The lowest BCUT2D eigenvalue weighted by molar-refractivity contribution is -0.137. The summed E-state index contributed by atoms with van der Waals surface area (Å²) in [5.41, 5.74) is -0.908. The highest BCUT2D eigenvalue weighted by Gasteiger charge is 2.47. The second kappa shape index (κ2) is 10.8. The molecule has 0 aromatic heterocycles. The predicted octanol–water partition coefficient (Wildman–Crippen LogP) is 4.42. The number of sulfonamides is 1. The summed E-state index contributed by atoms with van der Waals surface area (Å²) in [7, 11) is -3.91. The Kier molecular flexibility index (Phi) is 8.59. The lowest BCUT2D eigenvalue weighted by Crippen LogP contribution is -2.51. The molecule has 4 atom stereocenters. The Bertz CT molecular complexity index is 974. The number of benzene rings is 1. The van der Waals surface area contributed by atoms with Gasteiger partial charge in [0.05, 0.1) is 16.5 Å². The summed E-state index contributed by atoms with van der Waals surface area (Å²) >= 11 is 0. The van der Waals surface area contributed by atoms with Crippen molar-refractivity contribution in [1.82, 2.24) is 14.9 Å². The standard InChI is InChI=1S/C25H38F3N3O3S/c1-5-6-13-29-22(14-24(2,3)4)23(32)30-21-12-7-17-15-31(16-20(17)21)35(33,34)19-10-8-18(9-11-19)25(26,27)28/h8-11,17,20-22,29H,5-7,12-16H2,1-4H3,(H,30,32)/t17-,20+,21+,22+/m1/s1. The molecule has 1 saturated heterocycles. The van der Waals surface area contributed by atoms with Crippen LogP contribution in [0.3, 0.4) is 0 Å². The molecule has 1 aliphatic carbocycles. The molecule has 0 radical (unpaired) electrons. The second-order valence-corrected chi connectivity index (χ2v) is 13.0. The van der Waals surface area contributed by atoms with E-state index in [4.69, 9.17) is 0 Å². The number of hydrogen-bond acceptors (Lipinski definition) is 4. The third kappa shape index (κ3) is 6.98. The number of carbonyl (C=O) groups excluding carboxylic acids is 1. The van der Waals surface area contributed by atoms with Gasteiger partial charge in [0.2, 0.25) is 15.9 Å². The number of carbonyl (C=O) groups is 1. The molecule has 2 fully saturated rings. The van der Waals surface area contributed by atoms with Crippen molar-refractivity contribution in [3.8, 4) is 0 Å². The molecule has 0 unspecified atom stereocenters. The van der Waals surface area contributed by atoms with Gasteiger partial charge in [-0.2, -0.15) is 17.5 Å². The van der Waals surface area contributed by atoms with Crippen LogP contribution in [0.2, 0.25) is 0 Å².